The van der Waals surface area contributed by atoms with Gasteiger partial charge in [0.15, 0.2) is 5.69 Å². The van der Waals surface area contributed by atoms with Gasteiger partial charge in [0.05, 0.1) is 21.6 Å². The zero-order valence-corrected chi connectivity index (χ0v) is 20.8. The first-order valence-corrected chi connectivity index (χ1v) is 13.0. The maximum Gasteiger partial charge on any atom is 0.435 e. The van der Waals surface area contributed by atoms with Crippen LogP contribution in [0, 0.1) is 17.7 Å². The number of amides is 1. The molecule has 2 N–H and O–H groups in total. The summed E-state index contributed by atoms with van der Waals surface area (Å²) < 4.78 is 80.4. The van der Waals surface area contributed by atoms with E-state index in [1.165, 1.54) is 36.7 Å². The van der Waals surface area contributed by atoms with E-state index >= 15 is 0 Å². The first-order chi connectivity index (χ1) is 17.2. The van der Waals surface area contributed by atoms with Gasteiger partial charge in [0.1, 0.15) is 5.56 Å². The number of hydrogen-bond donors (Lipinski definition) is 2. The third kappa shape index (κ3) is 5.38. The molecule has 1 unspecified atom stereocenters. The molecule has 1 atom stereocenters. The van der Waals surface area contributed by atoms with Crippen LogP contribution in [0.3, 0.4) is 0 Å². The second kappa shape index (κ2) is 9.32. The smallest absolute Gasteiger partial charge is 0.414 e. The van der Waals surface area contributed by atoms with Crippen molar-refractivity contribution in [2.24, 2.45) is 0 Å². The lowest BCUT2D eigenvalue weighted by Crippen LogP contribution is -2.31. The Morgan fingerprint density at radius 1 is 1.22 bits per heavy atom. The van der Waals surface area contributed by atoms with E-state index in [0.29, 0.717) is 5.69 Å². The highest BCUT2D eigenvalue weighted by atomic mass is 32.2. The minimum atomic E-state index is -4.94. The lowest BCUT2D eigenvalue weighted by molar-refractivity contribution is -0.142. The third-order valence-electron chi connectivity index (χ3n) is 6.19. The molecular weight excluding hydrogens is 516 g/mol. The minimum Gasteiger partial charge on any atom is -0.414 e. The van der Waals surface area contributed by atoms with Crippen molar-refractivity contribution in [3.63, 3.8) is 0 Å². The van der Waals surface area contributed by atoms with E-state index in [0.717, 1.165) is 26.2 Å². The number of halogens is 4. The van der Waals surface area contributed by atoms with Gasteiger partial charge in [0.25, 0.3) is 23.6 Å². The van der Waals surface area contributed by atoms with Gasteiger partial charge >= 0.3 is 6.18 Å². The van der Waals surface area contributed by atoms with Crippen LogP contribution in [0.25, 0.3) is 0 Å². The second-order valence-electron chi connectivity index (χ2n) is 9.04. The normalized spacial score (nSPS) is 16.4. The zero-order valence-electron chi connectivity index (χ0n) is 19.9. The highest BCUT2D eigenvalue weighted by molar-refractivity contribution is 7.91. The summed E-state index contributed by atoms with van der Waals surface area (Å²) in [7, 11) is -3.13. The molecule has 14 heteroatoms. The van der Waals surface area contributed by atoms with E-state index in [2.05, 4.69) is 25.5 Å². The minimum absolute atomic E-state index is 0.0594. The van der Waals surface area contributed by atoms with E-state index in [1.54, 1.807) is 0 Å². The van der Waals surface area contributed by atoms with Gasteiger partial charge in [0, 0.05) is 22.3 Å². The standard InChI is InChI=1S/C23H22F4N6O3S/c1-12-16(19(34)30-13-6-4-7-14(10-13)37(3,28)35)20(33-32-17(12)23(25,26)27)36-21-18(24)31-15(11-29-21)22(2)8-5-9-22/h4,6-7,10-11,28H,5,8-9H2,1-3H3,(H,30,34). The van der Waals surface area contributed by atoms with E-state index in [-0.39, 0.29) is 16.0 Å². The molecule has 1 aliphatic carbocycles. The topological polar surface area (TPSA) is 131 Å². The number of aromatic nitrogens is 4. The molecule has 2 heterocycles. The van der Waals surface area contributed by atoms with E-state index < -0.39 is 56.3 Å². The first kappa shape index (κ1) is 26.4. The number of carbonyl (C=O) groups is 1. The van der Waals surface area contributed by atoms with Crippen LogP contribution in [0.4, 0.5) is 23.2 Å². The lowest BCUT2D eigenvalue weighted by atomic mass is 9.68. The molecule has 0 saturated heterocycles. The Kier molecular flexibility index (Phi) is 6.65. The largest absolute Gasteiger partial charge is 0.435 e. The molecule has 1 aliphatic rings. The Morgan fingerprint density at radius 2 is 1.92 bits per heavy atom. The van der Waals surface area contributed by atoms with Crippen molar-refractivity contribution >= 4 is 21.3 Å². The van der Waals surface area contributed by atoms with E-state index in [1.807, 2.05) is 6.92 Å². The zero-order chi connectivity index (χ0) is 27.2. The number of carbonyl (C=O) groups excluding carboxylic acids is 1. The van der Waals surface area contributed by atoms with Crippen LogP contribution >= 0.6 is 0 Å². The second-order valence-corrected chi connectivity index (χ2v) is 11.2. The molecule has 4 rings (SSSR count). The number of nitrogens with one attached hydrogen (secondary N) is 2. The van der Waals surface area contributed by atoms with Gasteiger partial charge < -0.3 is 10.1 Å². The van der Waals surface area contributed by atoms with E-state index in [9.17, 15) is 26.6 Å². The summed E-state index contributed by atoms with van der Waals surface area (Å²) in [6, 6.07) is 5.49. The average molecular weight is 539 g/mol. The summed E-state index contributed by atoms with van der Waals surface area (Å²) in [5, 5.41) is 8.92. The quantitative estimate of drug-likeness (QED) is 0.410. The summed E-state index contributed by atoms with van der Waals surface area (Å²) >= 11 is 0. The van der Waals surface area contributed by atoms with Gasteiger partial charge in [-0.25, -0.2) is 19.0 Å². The molecule has 0 spiro atoms. The van der Waals surface area contributed by atoms with Gasteiger partial charge in [-0.3, -0.25) is 4.79 Å². The molecule has 0 radical (unpaired) electrons. The highest BCUT2D eigenvalue weighted by Gasteiger charge is 2.39. The molecule has 1 saturated carbocycles. The molecule has 196 valence electrons. The number of hydrogen-bond acceptors (Lipinski definition) is 8. The van der Waals surface area contributed by atoms with E-state index in [4.69, 9.17) is 9.52 Å². The van der Waals surface area contributed by atoms with Gasteiger partial charge in [-0.2, -0.15) is 17.6 Å². The molecule has 3 aromatic rings. The number of alkyl halides is 3. The summed E-state index contributed by atoms with van der Waals surface area (Å²) in [5.41, 5.74) is -2.55. The van der Waals surface area contributed by atoms with Crippen molar-refractivity contribution in [1.82, 2.24) is 20.2 Å². The maximum atomic E-state index is 14.8. The molecule has 9 nitrogen and oxygen atoms in total. The summed E-state index contributed by atoms with van der Waals surface area (Å²) in [4.78, 5) is 21.0. The highest BCUT2D eigenvalue weighted by Crippen LogP contribution is 2.42. The fourth-order valence-electron chi connectivity index (χ4n) is 3.89. The fraction of sp³-hybridized carbons (Fsp3) is 0.348. The van der Waals surface area contributed by atoms with Crippen molar-refractivity contribution < 1.29 is 31.3 Å². The van der Waals surface area contributed by atoms with Crippen molar-refractivity contribution in [2.45, 2.75) is 49.6 Å². The molecule has 37 heavy (non-hydrogen) atoms. The van der Waals surface area contributed by atoms with Crippen LogP contribution in [-0.4, -0.2) is 36.5 Å². The number of benzene rings is 1. The molecule has 2 aromatic heterocycles. The maximum absolute atomic E-state index is 14.8. The number of anilines is 1. The predicted octanol–water partition coefficient (Wildman–Crippen LogP) is 5.25. The SMILES string of the molecule is Cc1c(C(F)(F)F)nnc(Oc2ncc(C3(C)CCC3)nc2F)c1C(=O)Nc1cccc(S(C)(=N)=O)c1. The molecule has 0 aliphatic heterocycles. The Morgan fingerprint density at radius 3 is 2.49 bits per heavy atom. The Balaban J connectivity index is 1.73. The van der Waals surface area contributed by atoms with Crippen molar-refractivity contribution in [2.75, 3.05) is 11.6 Å². The number of rotatable bonds is 6. The lowest BCUT2D eigenvalue weighted by Gasteiger charge is -2.37. The first-order valence-electron chi connectivity index (χ1n) is 11.0. The Hall–Kier alpha value is -3.68. The van der Waals surface area contributed by atoms with Gasteiger partial charge in [0.2, 0.25) is 0 Å². The number of nitrogens with zero attached hydrogens (tertiary/aromatic N) is 4. The van der Waals surface area contributed by atoms with Gasteiger partial charge in [-0.1, -0.05) is 19.4 Å². The number of ether oxygens (including phenoxy) is 1. The van der Waals surface area contributed by atoms with Crippen LogP contribution in [-0.2, 0) is 21.3 Å². The van der Waals surface area contributed by atoms with Crippen molar-refractivity contribution in [3.05, 3.63) is 58.9 Å². The molecule has 1 amide bonds. The van der Waals surface area contributed by atoms with Gasteiger partial charge in [-0.15, -0.1) is 10.2 Å². The van der Waals surface area contributed by atoms with Gasteiger partial charge in [-0.05, 0) is 43.5 Å². The summed E-state index contributed by atoms with van der Waals surface area (Å²) in [5.74, 6) is -3.59. The monoisotopic (exact) mass is 538 g/mol. The van der Waals surface area contributed by atoms with Crippen molar-refractivity contribution in [3.8, 4) is 11.8 Å². The molecular formula is C23H22F4N6O3S. The van der Waals surface area contributed by atoms with Crippen LogP contribution in [0.5, 0.6) is 11.8 Å². The van der Waals surface area contributed by atoms with Crippen molar-refractivity contribution in [1.29, 1.82) is 4.78 Å². The average Bonchev–Trinajstić information content (AvgIpc) is 2.77. The van der Waals surface area contributed by atoms with Crippen LogP contribution in [0.1, 0.15) is 53.5 Å². The molecule has 0 bridgehead atoms. The van der Waals surface area contributed by atoms with Crippen LogP contribution in [0.2, 0.25) is 0 Å². The predicted molar refractivity (Wildman–Crippen MR) is 124 cm³/mol. The Labute approximate surface area is 209 Å². The Bertz CT molecular complexity index is 1490. The van der Waals surface area contributed by atoms with Crippen LogP contribution < -0.4 is 10.1 Å². The third-order valence-corrected chi connectivity index (χ3v) is 7.34. The fourth-order valence-corrected chi connectivity index (χ4v) is 4.58. The molecule has 1 aromatic carbocycles. The summed E-state index contributed by atoms with van der Waals surface area (Å²) in [6.45, 7) is 2.92. The summed E-state index contributed by atoms with van der Waals surface area (Å²) in [6.07, 6.45) is 0.146. The molecule has 1 fully saturated rings. The van der Waals surface area contributed by atoms with Crippen LogP contribution in [0.15, 0.2) is 35.4 Å².